The third-order valence-corrected chi connectivity index (χ3v) is 4.16. The van der Waals surface area contributed by atoms with E-state index in [1.807, 2.05) is 0 Å². The highest BCUT2D eigenvalue weighted by Gasteiger charge is 2.30. The largest absolute Gasteiger partial charge is 0.395 e. The molecule has 0 aromatic heterocycles. The quantitative estimate of drug-likeness (QED) is 0.681. The number of likely N-dealkylation sites (tertiary alicyclic amines) is 1. The average molecular weight is 285 g/mol. The van der Waals surface area contributed by atoms with Crippen molar-refractivity contribution in [1.82, 2.24) is 4.90 Å². The summed E-state index contributed by atoms with van der Waals surface area (Å²) in [6.07, 6.45) is 1.05. The van der Waals surface area contributed by atoms with E-state index in [0.29, 0.717) is 17.5 Å². The standard InChI is InChI=1S/C13H17ClN2O3/c1-9-4-5-15(13(9)8-17)7-10-2-3-11(16(18)19)6-12(10)14/h2-3,6,9,13,17H,4-5,7-8H2,1H3. The smallest absolute Gasteiger partial charge is 0.270 e. The summed E-state index contributed by atoms with van der Waals surface area (Å²) in [7, 11) is 0. The molecule has 6 heteroatoms. The second kappa shape index (κ2) is 5.86. The molecule has 1 saturated heterocycles. The zero-order chi connectivity index (χ0) is 14.0. The van der Waals surface area contributed by atoms with Crippen LogP contribution in [0.25, 0.3) is 0 Å². The van der Waals surface area contributed by atoms with Crippen LogP contribution < -0.4 is 0 Å². The van der Waals surface area contributed by atoms with Crippen LogP contribution in [0.1, 0.15) is 18.9 Å². The summed E-state index contributed by atoms with van der Waals surface area (Å²) in [5.41, 5.74) is 0.863. The molecule has 1 aromatic rings. The molecule has 0 radical (unpaired) electrons. The van der Waals surface area contributed by atoms with Crippen LogP contribution in [0.4, 0.5) is 5.69 Å². The molecular weight excluding hydrogens is 268 g/mol. The summed E-state index contributed by atoms with van der Waals surface area (Å²) in [5, 5.41) is 20.5. The topological polar surface area (TPSA) is 66.6 Å². The summed E-state index contributed by atoms with van der Waals surface area (Å²) < 4.78 is 0. The van der Waals surface area contributed by atoms with Gasteiger partial charge in [-0.05, 0) is 30.5 Å². The van der Waals surface area contributed by atoms with E-state index in [-0.39, 0.29) is 18.3 Å². The molecule has 1 fully saturated rings. The average Bonchev–Trinajstić information content (AvgIpc) is 2.72. The van der Waals surface area contributed by atoms with Crippen molar-refractivity contribution in [2.45, 2.75) is 25.9 Å². The molecule has 5 nitrogen and oxygen atoms in total. The van der Waals surface area contributed by atoms with Gasteiger partial charge >= 0.3 is 0 Å². The third kappa shape index (κ3) is 3.05. The van der Waals surface area contributed by atoms with Crippen molar-refractivity contribution in [3.8, 4) is 0 Å². The molecule has 1 aliphatic rings. The first-order valence-electron chi connectivity index (χ1n) is 6.30. The molecule has 2 rings (SSSR count). The summed E-state index contributed by atoms with van der Waals surface area (Å²) >= 11 is 6.09. The molecule has 2 unspecified atom stereocenters. The fourth-order valence-electron chi connectivity index (χ4n) is 2.58. The van der Waals surface area contributed by atoms with E-state index in [9.17, 15) is 15.2 Å². The number of non-ortho nitro benzene ring substituents is 1. The lowest BCUT2D eigenvalue weighted by molar-refractivity contribution is -0.384. The number of nitro benzene ring substituents is 1. The fourth-order valence-corrected chi connectivity index (χ4v) is 2.81. The van der Waals surface area contributed by atoms with Gasteiger partial charge in [0.2, 0.25) is 0 Å². The Morgan fingerprint density at radius 3 is 2.89 bits per heavy atom. The zero-order valence-corrected chi connectivity index (χ0v) is 11.5. The predicted molar refractivity (Wildman–Crippen MR) is 73.2 cm³/mol. The summed E-state index contributed by atoms with van der Waals surface area (Å²) in [6, 6.07) is 4.68. The lowest BCUT2D eigenvalue weighted by Crippen LogP contribution is -2.34. The summed E-state index contributed by atoms with van der Waals surface area (Å²) in [6.45, 7) is 3.79. The van der Waals surface area contributed by atoms with Crippen LogP contribution in [0.5, 0.6) is 0 Å². The molecule has 0 spiro atoms. The van der Waals surface area contributed by atoms with Gasteiger partial charge in [-0.2, -0.15) is 0 Å². The van der Waals surface area contributed by atoms with Gasteiger partial charge < -0.3 is 5.11 Å². The first-order valence-corrected chi connectivity index (χ1v) is 6.68. The normalized spacial score (nSPS) is 23.7. The monoisotopic (exact) mass is 284 g/mol. The van der Waals surface area contributed by atoms with Gasteiger partial charge in [0.25, 0.3) is 5.69 Å². The van der Waals surface area contributed by atoms with E-state index < -0.39 is 4.92 Å². The minimum absolute atomic E-state index is 0.00208. The zero-order valence-electron chi connectivity index (χ0n) is 10.8. The molecule has 0 amide bonds. The van der Waals surface area contributed by atoms with Crippen LogP contribution in [-0.4, -0.2) is 34.1 Å². The van der Waals surface area contributed by atoms with Crippen LogP contribution in [0, 0.1) is 16.0 Å². The molecule has 2 atom stereocenters. The Balaban J connectivity index is 2.13. The number of hydrogen-bond donors (Lipinski definition) is 1. The molecule has 0 bridgehead atoms. The first kappa shape index (κ1) is 14.2. The molecular formula is C13H17ClN2O3. The number of benzene rings is 1. The Morgan fingerprint density at radius 1 is 1.58 bits per heavy atom. The van der Waals surface area contributed by atoms with Crippen molar-refractivity contribution >= 4 is 17.3 Å². The Bertz CT molecular complexity index is 481. The molecule has 0 aliphatic carbocycles. The molecule has 1 aromatic carbocycles. The highest BCUT2D eigenvalue weighted by atomic mass is 35.5. The van der Waals surface area contributed by atoms with Gasteiger partial charge in [0, 0.05) is 24.7 Å². The maximum atomic E-state index is 10.7. The van der Waals surface area contributed by atoms with Crippen molar-refractivity contribution in [2.24, 2.45) is 5.92 Å². The third-order valence-electron chi connectivity index (χ3n) is 3.81. The van der Waals surface area contributed by atoms with E-state index >= 15 is 0 Å². The lowest BCUT2D eigenvalue weighted by Gasteiger charge is -2.25. The van der Waals surface area contributed by atoms with Gasteiger partial charge in [0.15, 0.2) is 0 Å². The van der Waals surface area contributed by atoms with Crippen LogP contribution >= 0.6 is 11.6 Å². The van der Waals surface area contributed by atoms with E-state index in [4.69, 9.17) is 11.6 Å². The maximum absolute atomic E-state index is 10.7. The van der Waals surface area contributed by atoms with Gasteiger partial charge in [-0.15, -0.1) is 0 Å². The summed E-state index contributed by atoms with van der Waals surface area (Å²) in [4.78, 5) is 12.4. The number of nitrogens with zero attached hydrogens (tertiary/aromatic N) is 2. The van der Waals surface area contributed by atoms with Crippen LogP contribution in [0.2, 0.25) is 5.02 Å². The highest BCUT2D eigenvalue weighted by Crippen LogP contribution is 2.29. The van der Waals surface area contributed by atoms with Crippen LogP contribution in [0.15, 0.2) is 18.2 Å². The van der Waals surface area contributed by atoms with Crippen molar-refractivity contribution in [1.29, 1.82) is 0 Å². The number of nitro groups is 1. The maximum Gasteiger partial charge on any atom is 0.270 e. The SMILES string of the molecule is CC1CCN(Cc2ccc([N+](=O)[O-])cc2Cl)C1CO. The number of aliphatic hydroxyl groups is 1. The number of rotatable bonds is 4. The molecule has 1 aliphatic heterocycles. The lowest BCUT2D eigenvalue weighted by atomic mass is 10.0. The van der Waals surface area contributed by atoms with Crippen molar-refractivity contribution < 1.29 is 10.0 Å². The number of halogens is 1. The predicted octanol–water partition coefficient (Wildman–Crippen LogP) is 2.45. The van der Waals surface area contributed by atoms with Gasteiger partial charge in [0.05, 0.1) is 16.6 Å². The van der Waals surface area contributed by atoms with E-state index in [0.717, 1.165) is 18.5 Å². The van der Waals surface area contributed by atoms with E-state index in [1.165, 1.54) is 12.1 Å². The Morgan fingerprint density at radius 2 is 2.32 bits per heavy atom. The van der Waals surface area contributed by atoms with Gasteiger partial charge in [0.1, 0.15) is 0 Å². The Hall–Kier alpha value is -1.17. The van der Waals surface area contributed by atoms with E-state index in [2.05, 4.69) is 11.8 Å². The Kier molecular flexibility index (Phi) is 4.39. The minimum atomic E-state index is -0.454. The van der Waals surface area contributed by atoms with Crippen molar-refractivity contribution in [3.63, 3.8) is 0 Å². The van der Waals surface area contributed by atoms with Crippen molar-refractivity contribution in [2.75, 3.05) is 13.2 Å². The first-order chi connectivity index (χ1) is 9.02. The summed E-state index contributed by atoms with van der Waals surface area (Å²) in [5.74, 6) is 0.460. The highest BCUT2D eigenvalue weighted by molar-refractivity contribution is 6.31. The number of aliphatic hydroxyl groups excluding tert-OH is 1. The van der Waals surface area contributed by atoms with Gasteiger partial charge in [-0.1, -0.05) is 18.5 Å². The molecule has 104 valence electrons. The second-order valence-electron chi connectivity index (χ2n) is 5.02. The van der Waals surface area contributed by atoms with Crippen molar-refractivity contribution in [3.05, 3.63) is 38.9 Å². The van der Waals surface area contributed by atoms with Crippen LogP contribution in [0.3, 0.4) is 0 Å². The van der Waals surface area contributed by atoms with Crippen LogP contribution in [-0.2, 0) is 6.54 Å². The van der Waals surface area contributed by atoms with E-state index in [1.54, 1.807) is 6.07 Å². The van der Waals surface area contributed by atoms with Gasteiger partial charge in [-0.25, -0.2) is 0 Å². The second-order valence-corrected chi connectivity index (χ2v) is 5.43. The Labute approximate surface area is 116 Å². The minimum Gasteiger partial charge on any atom is -0.395 e. The fraction of sp³-hybridized carbons (Fsp3) is 0.538. The molecule has 0 saturated carbocycles. The number of hydrogen-bond acceptors (Lipinski definition) is 4. The molecule has 1 N–H and O–H groups in total. The van der Waals surface area contributed by atoms with Gasteiger partial charge in [-0.3, -0.25) is 15.0 Å². The molecule has 1 heterocycles. The molecule has 19 heavy (non-hydrogen) atoms.